The Hall–Kier alpha value is -3.75. The third-order valence-electron chi connectivity index (χ3n) is 5.46. The lowest BCUT2D eigenvalue weighted by molar-refractivity contribution is -0.159. The molecule has 0 aliphatic heterocycles. The number of rotatable bonds is 7. The molecule has 0 aliphatic carbocycles. The van der Waals surface area contributed by atoms with Gasteiger partial charge in [0.1, 0.15) is 0 Å². The zero-order valence-corrected chi connectivity index (χ0v) is 18.0. The van der Waals surface area contributed by atoms with Crippen molar-refractivity contribution in [1.29, 1.82) is 0 Å². The largest absolute Gasteiger partial charge is 0.471 e. The summed E-state index contributed by atoms with van der Waals surface area (Å²) in [6.45, 7) is 4.05. The summed E-state index contributed by atoms with van der Waals surface area (Å²) in [5, 5.41) is 10.8. The molecule has 4 aromatic rings. The van der Waals surface area contributed by atoms with Gasteiger partial charge < -0.3 is 4.52 Å². The second kappa shape index (κ2) is 8.65. The number of halogens is 3. The van der Waals surface area contributed by atoms with Crippen molar-refractivity contribution in [2.24, 2.45) is 0 Å². The van der Waals surface area contributed by atoms with Gasteiger partial charge in [0.25, 0.3) is 0 Å². The topological polar surface area (TPSA) is 84.7 Å². The third kappa shape index (κ3) is 5.02. The Morgan fingerprint density at radius 3 is 2.42 bits per heavy atom. The monoisotopic (exact) mass is 454 g/mol. The van der Waals surface area contributed by atoms with E-state index >= 15 is 0 Å². The van der Waals surface area contributed by atoms with Gasteiger partial charge in [-0.25, -0.2) is 0 Å². The second-order valence-corrected chi connectivity index (χ2v) is 8.34. The Morgan fingerprint density at radius 2 is 1.73 bits per heavy atom. The Balaban J connectivity index is 1.45. The third-order valence-corrected chi connectivity index (χ3v) is 5.46. The molecule has 0 fully saturated rings. The molecule has 2 aromatic carbocycles. The fourth-order valence-corrected chi connectivity index (χ4v) is 3.42. The molecule has 0 spiro atoms. The lowest BCUT2D eigenvalue weighted by atomic mass is 9.83. The van der Waals surface area contributed by atoms with Crippen molar-refractivity contribution in [3.63, 3.8) is 0 Å². The first kappa shape index (κ1) is 22.4. The van der Waals surface area contributed by atoms with E-state index in [0.717, 1.165) is 17.0 Å². The molecule has 2 aromatic heterocycles. The number of benzene rings is 2. The van der Waals surface area contributed by atoms with Crippen LogP contribution in [-0.4, -0.2) is 26.1 Å². The molecule has 170 valence electrons. The summed E-state index contributed by atoms with van der Waals surface area (Å²) in [7, 11) is 0. The minimum atomic E-state index is -4.72. The van der Waals surface area contributed by atoms with Crippen LogP contribution in [0.3, 0.4) is 0 Å². The number of alkyl halides is 3. The number of nitrogens with zero attached hydrogens (tertiary/aromatic N) is 3. The number of hydrogen-bond acceptors (Lipinski definition) is 5. The van der Waals surface area contributed by atoms with Crippen LogP contribution >= 0.6 is 0 Å². The molecule has 0 aliphatic rings. The summed E-state index contributed by atoms with van der Waals surface area (Å²) in [5.41, 5.74) is 3.05. The van der Waals surface area contributed by atoms with E-state index in [0.29, 0.717) is 12.0 Å². The fourth-order valence-electron chi connectivity index (χ4n) is 3.42. The van der Waals surface area contributed by atoms with E-state index in [4.69, 9.17) is 0 Å². The van der Waals surface area contributed by atoms with Gasteiger partial charge in [0, 0.05) is 34.2 Å². The standard InChI is InChI=1S/C24H21F3N4O2/c1-23(2,20-14-18(29-30-20)15-7-4-3-5-8-15)12-11-19(32)16-9-6-10-17(13-16)21-28-22(33-31-21)24(25,26)27/h3-10,13-14H,11-12H2,1-2H3,(H,29,30). The van der Waals surface area contributed by atoms with Crippen molar-refractivity contribution in [1.82, 2.24) is 20.3 Å². The Bertz CT molecular complexity index is 1260. The van der Waals surface area contributed by atoms with Crippen molar-refractivity contribution >= 4 is 5.78 Å². The number of carbonyl (C=O) groups is 1. The maximum absolute atomic E-state index is 12.8. The average Bonchev–Trinajstić information content (AvgIpc) is 3.49. The summed E-state index contributed by atoms with van der Waals surface area (Å²) >= 11 is 0. The summed E-state index contributed by atoms with van der Waals surface area (Å²) in [4.78, 5) is 16.2. The van der Waals surface area contributed by atoms with Crippen LogP contribution in [0.25, 0.3) is 22.6 Å². The molecule has 9 heteroatoms. The molecule has 0 bridgehead atoms. The number of hydrogen-bond donors (Lipinski definition) is 1. The number of ketones is 1. The summed E-state index contributed by atoms with van der Waals surface area (Å²) in [5.74, 6) is -1.78. The van der Waals surface area contributed by atoms with E-state index in [1.165, 1.54) is 12.1 Å². The van der Waals surface area contributed by atoms with Crippen molar-refractivity contribution in [2.75, 3.05) is 0 Å². The fraction of sp³-hybridized carbons (Fsp3) is 0.250. The van der Waals surface area contributed by atoms with Gasteiger partial charge in [-0.05, 0) is 18.6 Å². The van der Waals surface area contributed by atoms with E-state index in [1.807, 2.05) is 50.2 Å². The van der Waals surface area contributed by atoms with E-state index in [9.17, 15) is 18.0 Å². The second-order valence-electron chi connectivity index (χ2n) is 8.34. The molecule has 0 atom stereocenters. The molecule has 6 nitrogen and oxygen atoms in total. The first-order chi connectivity index (χ1) is 15.6. The van der Waals surface area contributed by atoms with Crippen molar-refractivity contribution in [2.45, 2.75) is 38.3 Å². The van der Waals surface area contributed by atoms with Gasteiger partial charge in [-0.2, -0.15) is 23.3 Å². The zero-order chi connectivity index (χ0) is 23.6. The summed E-state index contributed by atoms with van der Waals surface area (Å²) in [6, 6.07) is 18.0. The van der Waals surface area contributed by atoms with Gasteiger partial charge in [0.15, 0.2) is 5.78 Å². The molecule has 2 heterocycles. The summed E-state index contributed by atoms with van der Waals surface area (Å²) in [6.07, 6.45) is -3.93. The smallest absolute Gasteiger partial charge is 0.329 e. The number of carbonyl (C=O) groups excluding carboxylic acids is 1. The highest BCUT2D eigenvalue weighted by Crippen LogP contribution is 2.32. The van der Waals surface area contributed by atoms with Crippen molar-refractivity contribution < 1.29 is 22.5 Å². The molecule has 0 saturated heterocycles. The minimum absolute atomic E-state index is 0.132. The van der Waals surface area contributed by atoms with Gasteiger partial charge in [-0.3, -0.25) is 9.89 Å². The Morgan fingerprint density at radius 1 is 1.00 bits per heavy atom. The lowest BCUT2D eigenvalue weighted by Crippen LogP contribution is -2.19. The van der Waals surface area contributed by atoms with Gasteiger partial charge in [-0.15, -0.1) is 0 Å². The van der Waals surface area contributed by atoms with Crippen LogP contribution in [0.5, 0.6) is 0 Å². The van der Waals surface area contributed by atoms with E-state index < -0.39 is 12.1 Å². The highest BCUT2D eigenvalue weighted by atomic mass is 19.4. The first-order valence-electron chi connectivity index (χ1n) is 10.3. The van der Waals surface area contributed by atoms with Gasteiger partial charge >= 0.3 is 12.1 Å². The van der Waals surface area contributed by atoms with Crippen LogP contribution in [0.15, 0.2) is 65.2 Å². The minimum Gasteiger partial charge on any atom is -0.329 e. The molecule has 4 rings (SSSR count). The Kier molecular flexibility index (Phi) is 5.88. The maximum atomic E-state index is 12.8. The molecular formula is C24H21F3N4O2. The highest BCUT2D eigenvalue weighted by molar-refractivity contribution is 5.97. The molecule has 0 radical (unpaired) electrons. The quantitative estimate of drug-likeness (QED) is 0.342. The maximum Gasteiger partial charge on any atom is 0.471 e. The van der Waals surface area contributed by atoms with E-state index in [1.54, 1.807) is 12.1 Å². The zero-order valence-electron chi connectivity index (χ0n) is 18.0. The Labute approximate surface area is 187 Å². The van der Waals surface area contributed by atoms with Crippen LogP contribution in [0.2, 0.25) is 0 Å². The van der Waals surface area contributed by atoms with Gasteiger partial charge in [0.05, 0.1) is 5.69 Å². The predicted octanol–water partition coefficient (Wildman–Crippen LogP) is 6.09. The normalized spacial score (nSPS) is 12.2. The summed E-state index contributed by atoms with van der Waals surface area (Å²) < 4.78 is 42.4. The number of nitrogens with one attached hydrogen (secondary N) is 1. The van der Waals surface area contributed by atoms with Crippen molar-refractivity contribution in [3.8, 4) is 22.6 Å². The highest BCUT2D eigenvalue weighted by Gasteiger charge is 2.38. The average molecular weight is 454 g/mol. The lowest BCUT2D eigenvalue weighted by Gasteiger charge is -2.22. The van der Waals surface area contributed by atoms with Crippen LogP contribution in [0, 0.1) is 0 Å². The van der Waals surface area contributed by atoms with Gasteiger partial charge in [-0.1, -0.05) is 67.5 Å². The molecule has 0 saturated carbocycles. The molecular weight excluding hydrogens is 433 g/mol. The van der Waals surface area contributed by atoms with Crippen molar-refractivity contribution in [3.05, 3.63) is 77.8 Å². The number of H-pyrrole nitrogens is 1. The van der Waals surface area contributed by atoms with Crippen LogP contribution < -0.4 is 0 Å². The number of aromatic nitrogens is 4. The molecule has 0 amide bonds. The number of aromatic amines is 1. The predicted molar refractivity (Wildman–Crippen MR) is 115 cm³/mol. The van der Waals surface area contributed by atoms with E-state index in [-0.39, 0.29) is 29.0 Å². The molecule has 1 N–H and O–H groups in total. The molecule has 33 heavy (non-hydrogen) atoms. The van der Waals surface area contributed by atoms with Crippen LogP contribution in [-0.2, 0) is 11.6 Å². The number of Topliss-reactive ketones (excluding diaryl/α,β-unsaturated/α-hetero) is 1. The van der Waals surface area contributed by atoms with Crippen LogP contribution in [0.4, 0.5) is 13.2 Å². The first-order valence-corrected chi connectivity index (χ1v) is 10.3. The van der Waals surface area contributed by atoms with Crippen LogP contribution in [0.1, 0.15) is 48.6 Å². The molecule has 0 unspecified atom stereocenters. The van der Waals surface area contributed by atoms with Gasteiger partial charge in [0.2, 0.25) is 5.82 Å². The van der Waals surface area contributed by atoms with E-state index in [2.05, 4.69) is 24.9 Å². The SMILES string of the molecule is CC(C)(CCC(=O)c1cccc(-c2noc(C(F)(F)F)n2)c1)c1cc(-c2ccccc2)n[nH]1.